The van der Waals surface area contributed by atoms with E-state index in [0.717, 1.165) is 12.8 Å². The monoisotopic (exact) mass is 392 g/mol. The van der Waals surface area contributed by atoms with Crippen LogP contribution in [-0.4, -0.2) is 41.9 Å². The third kappa shape index (κ3) is 3.11. The molecular weight excluding hydrogens is 376 g/mol. The van der Waals surface area contributed by atoms with E-state index >= 15 is 0 Å². The molecule has 0 radical (unpaired) electrons. The molecule has 3 aromatic rings. The average Bonchev–Trinajstić information content (AvgIpc) is 3.34. The molecular formula is C16H16N4O4S2. The minimum atomic E-state index is -3.48. The molecule has 0 aliphatic carbocycles. The topological polar surface area (TPSA) is 105 Å². The van der Waals surface area contributed by atoms with Gasteiger partial charge in [-0.25, -0.2) is 13.4 Å². The van der Waals surface area contributed by atoms with Gasteiger partial charge in [-0.2, -0.15) is 4.31 Å². The van der Waals surface area contributed by atoms with Gasteiger partial charge >= 0.3 is 0 Å². The summed E-state index contributed by atoms with van der Waals surface area (Å²) in [6.07, 6.45) is 1.78. The van der Waals surface area contributed by atoms with Gasteiger partial charge in [0.15, 0.2) is 5.13 Å². The van der Waals surface area contributed by atoms with Crippen LogP contribution >= 0.6 is 11.3 Å². The Hall–Kier alpha value is -2.30. The molecule has 0 atom stereocenters. The van der Waals surface area contributed by atoms with Crippen molar-refractivity contribution in [2.45, 2.75) is 24.7 Å². The zero-order chi connectivity index (χ0) is 18.3. The third-order valence-electron chi connectivity index (χ3n) is 4.13. The molecule has 4 rings (SSSR count). The summed E-state index contributed by atoms with van der Waals surface area (Å²) >= 11 is 1.21. The molecule has 26 heavy (non-hydrogen) atoms. The van der Waals surface area contributed by atoms with Crippen molar-refractivity contribution >= 4 is 42.6 Å². The maximum atomic E-state index is 12.7. The molecule has 1 fully saturated rings. The second-order valence-corrected chi connectivity index (χ2v) is 9.01. The molecule has 136 valence electrons. The predicted molar refractivity (Wildman–Crippen MR) is 96.8 cm³/mol. The number of nitrogens with one attached hydrogen (secondary N) is 1. The Morgan fingerprint density at radius 2 is 2.04 bits per heavy atom. The van der Waals surface area contributed by atoms with Gasteiger partial charge in [0.2, 0.25) is 15.8 Å². The van der Waals surface area contributed by atoms with E-state index in [0.29, 0.717) is 34.1 Å². The second-order valence-electron chi connectivity index (χ2n) is 6.05. The number of rotatable bonds is 4. The van der Waals surface area contributed by atoms with Crippen molar-refractivity contribution in [1.82, 2.24) is 14.4 Å². The van der Waals surface area contributed by atoms with E-state index in [9.17, 15) is 13.2 Å². The Balaban J connectivity index is 1.60. The molecule has 8 nitrogen and oxygen atoms in total. The van der Waals surface area contributed by atoms with Crippen LogP contribution in [0.2, 0.25) is 0 Å². The number of hydrogen-bond donors (Lipinski definition) is 1. The van der Waals surface area contributed by atoms with Gasteiger partial charge in [-0.15, -0.1) is 0 Å². The van der Waals surface area contributed by atoms with Gasteiger partial charge in [-0.3, -0.25) is 10.1 Å². The lowest BCUT2D eigenvalue weighted by atomic mass is 10.3. The Morgan fingerprint density at radius 1 is 1.27 bits per heavy atom. The van der Waals surface area contributed by atoms with E-state index in [-0.39, 0.29) is 10.7 Å². The van der Waals surface area contributed by atoms with E-state index in [1.807, 2.05) is 0 Å². The third-order valence-corrected chi connectivity index (χ3v) is 6.96. The van der Waals surface area contributed by atoms with Crippen molar-refractivity contribution in [2.75, 3.05) is 18.4 Å². The van der Waals surface area contributed by atoms with Gasteiger partial charge < -0.3 is 4.52 Å². The highest BCUT2D eigenvalue weighted by atomic mass is 32.2. The standard InChI is InChI=1S/C16H16N4O4S2/c1-10-8-13(24-19-10)15(21)18-16-17-12-5-4-11(9-14(12)25-16)26(22,23)20-6-2-3-7-20/h4-5,8-9H,2-3,6-7H2,1H3,(H,17,18,21). The number of amides is 1. The van der Waals surface area contributed by atoms with Gasteiger partial charge in [-0.1, -0.05) is 16.5 Å². The molecule has 1 amide bonds. The maximum Gasteiger partial charge on any atom is 0.296 e. The van der Waals surface area contributed by atoms with Gasteiger partial charge in [0, 0.05) is 19.2 Å². The summed E-state index contributed by atoms with van der Waals surface area (Å²) in [5.41, 5.74) is 1.23. The number of nitrogens with zero attached hydrogens (tertiary/aromatic N) is 3. The molecule has 0 unspecified atom stereocenters. The van der Waals surface area contributed by atoms with Crippen molar-refractivity contribution in [3.8, 4) is 0 Å². The highest BCUT2D eigenvalue weighted by Gasteiger charge is 2.27. The SMILES string of the molecule is Cc1cc(C(=O)Nc2nc3ccc(S(=O)(=O)N4CCCC4)cc3s2)on1. The number of carbonyl (C=O) groups is 1. The first-order chi connectivity index (χ1) is 12.4. The molecule has 1 aliphatic rings. The Labute approximate surface area is 153 Å². The summed E-state index contributed by atoms with van der Waals surface area (Å²) in [6.45, 7) is 2.84. The number of anilines is 1. The summed E-state index contributed by atoms with van der Waals surface area (Å²) in [5, 5.41) is 6.69. The molecule has 2 aromatic heterocycles. The lowest BCUT2D eigenvalue weighted by Gasteiger charge is -2.15. The molecule has 1 aromatic carbocycles. The van der Waals surface area contributed by atoms with Gasteiger partial charge in [-0.05, 0) is 38.0 Å². The van der Waals surface area contributed by atoms with Crippen molar-refractivity contribution in [1.29, 1.82) is 0 Å². The summed E-state index contributed by atoms with van der Waals surface area (Å²) in [6, 6.07) is 6.35. The van der Waals surface area contributed by atoms with Crippen molar-refractivity contribution < 1.29 is 17.7 Å². The number of hydrogen-bond acceptors (Lipinski definition) is 7. The minimum absolute atomic E-state index is 0.0963. The largest absolute Gasteiger partial charge is 0.351 e. The fourth-order valence-electron chi connectivity index (χ4n) is 2.83. The molecule has 1 N–H and O–H groups in total. The van der Waals surface area contributed by atoms with E-state index in [2.05, 4.69) is 15.5 Å². The summed E-state index contributed by atoms with van der Waals surface area (Å²) in [5.74, 6) is -0.353. The van der Waals surface area contributed by atoms with Crippen LogP contribution in [0.25, 0.3) is 10.2 Å². The van der Waals surface area contributed by atoms with Crippen LogP contribution in [-0.2, 0) is 10.0 Å². The number of thiazole rings is 1. The molecule has 0 saturated carbocycles. The number of sulfonamides is 1. The van der Waals surface area contributed by atoms with Crippen LogP contribution in [0, 0.1) is 6.92 Å². The first kappa shape index (κ1) is 17.1. The molecule has 1 saturated heterocycles. The summed E-state index contributed by atoms with van der Waals surface area (Å²) < 4.78 is 32.5. The van der Waals surface area contributed by atoms with Crippen LogP contribution < -0.4 is 5.32 Å². The van der Waals surface area contributed by atoms with Crippen molar-refractivity contribution in [2.24, 2.45) is 0 Å². The van der Waals surface area contributed by atoms with Crippen LogP contribution in [0.5, 0.6) is 0 Å². The number of fused-ring (bicyclic) bond motifs is 1. The van der Waals surface area contributed by atoms with Crippen LogP contribution in [0.1, 0.15) is 29.1 Å². The molecule has 0 bridgehead atoms. The molecule has 1 aliphatic heterocycles. The van der Waals surface area contributed by atoms with Gasteiger partial charge in [0.1, 0.15) is 0 Å². The molecule has 10 heteroatoms. The van der Waals surface area contributed by atoms with E-state index < -0.39 is 15.9 Å². The van der Waals surface area contributed by atoms with Crippen molar-refractivity contribution in [3.63, 3.8) is 0 Å². The first-order valence-corrected chi connectivity index (χ1v) is 10.3. The fraction of sp³-hybridized carbons (Fsp3) is 0.312. The fourth-order valence-corrected chi connectivity index (χ4v) is 5.34. The van der Waals surface area contributed by atoms with Crippen molar-refractivity contribution in [3.05, 3.63) is 35.7 Å². The highest BCUT2D eigenvalue weighted by Crippen LogP contribution is 2.30. The number of aromatic nitrogens is 2. The lowest BCUT2D eigenvalue weighted by Crippen LogP contribution is -2.27. The van der Waals surface area contributed by atoms with E-state index in [1.165, 1.54) is 21.7 Å². The first-order valence-electron chi connectivity index (χ1n) is 8.09. The number of aryl methyl sites for hydroxylation is 1. The summed E-state index contributed by atoms with van der Waals surface area (Å²) in [7, 11) is -3.48. The van der Waals surface area contributed by atoms with Crippen LogP contribution in [0.3, 0.4) is 0 Å². The highest BCUT2D eigenvalue weighted by molar-refractivity contribution is 7.89. The van der Waals surface area contributed by atoms with Gasteiger partial charge in [0.25, 0.3) is 5.91 Å². The Bertz CT molecular complexity index is 1080. The molecule has 3 heterocycles. The minimum Gasteiger partial charge on any atom is -0.351 e. The van der Waals surface area contributed by atoms with Gasteiger partial charge in [0.05, 0.1) is 20.8 Å². The zero-order valence-corrected chi connectivity index (χ0v) is 15.6. The normalized spacial score (nSPS) is 15.6. The molecule has 0 spiro atoms. The van der Waals surface area contributed by atoms with Crippen LogP contribution in [0.15, 0.2) is 33.7 Å². The average molecular weight is 392 g/mol. The number of benzene rings is 1. The Morgan fingerprint density at radius 3 is 2.73 bits per heavy atom. The quantitative estimate of drug-likeness (QED) is 0.732. The number of carbonyl (C=O) groups excluding carboxylic acids is 1. The van der Waals surface area contributed by atoms with Crippen LogP contribution in [0.4, 0.5) is 5.13 Å². The Kier molecular flexibility index (Phi) is 4.25. The lowest BCUT2D eigenvalue weighted by molar-refractivity contribution is 0.0988. The smallest absolute Gasteiger partial charge is 0.296 e. The maximum absolute atomic E-state index is 12.7. The second kappa shape index (κ2) is 6.45. The summed E-state index contributed by atoms with van der Waals surface area (Å²) in [4.78, 5) is 16.7. The zero-order valence-electron chi connectivity index (χ0n) is 13.9. The van der Waals surface area contributed by atoms with E-state index in [4.69, 9.17) is 4.52 Å². The van der Waals surface area contributed by atoms with E-state index in [1.54, 1.807) is 25.1 Å². The predicted octanol–water partition coefficient (Wildman–Crippen LogP) is 2.63.